The number of rotatable bonds is 3. The Morgan fingerprint density at radius 2 is 2.08 bits per heavy atom. The smallest absolute Gasteiger partial charge is 0.269 e. The number of anilines is 1. The Morgan fingerprint density at radius 3 is 2.72 bits per heavy atom. The number of allylic oxidation sites excluding steroid dienone is 4. The van der Waals surface area contributed by atoms with Crippen molar-refractivity contribution in [3.8, 4) is 6.07 Å². The normalized spacial score (nSPS) is 17.1. The van der Waals surface area contributed by atoms with Crippen LogP contribution in [0.4, 0.5) is 11.4 Å². The molecule has 1 aliphatic rings. The Hall–Kier alpha value is -3.46. The van der Waals surface area contributed by atoms with Gasteiger partial charge in [-0.2, -0.15) is 5.26 Å². The summed E-state index contributed by atoms with van der Waals surface area (Å²) in [4.78, 5) is 16.7. The number of nitro groups is 1. The van der Waals surface area contributed by atoms with Crippen LogP contribution in [0.1, 0.15) is 25.3 Å². The van der Waals surface area contributed by atoms with Crippen LogP contribution < -0.4 is 4.90 Å². The predicted octanol–water partition coefficient (Wildman–Crippen LogP) is 4.29. The van der Waals surface area contributed by atoms with Crippen molar-refractivity contribution in [1.82, 2.24) is 4.98 Å². The molecular weight excluding hydrogens is 316 g/mol. The van der Waals surface area contributed by atoms with E-state index in [1.807, 2.05) is 43.0 Å². The molecule has 124 valence electrons. The van der Waals surface area contributed by atoms with Crippen LogP contribution in [0.2, 0.25) is 0 Å². The average molecular weight is 332 g/mol. The second-order valence-corrected chi connectivity index (χ2v) is 5.80. The van der Waals surface area contributed by atoms with Crippen LogP contribution in [0.5, 0.6) is 0 Å². The van der Waals surface area contributed by atoms with Gasteiger partial charge in [0.25, 0.3) is 5.69 Å². The molecule has 0 aliphatic carbocycles. The molecule has 25 heavy (non-hydrogen) atoms. The molecule has 0 spiro atoms. The highest BCUT2D eigenvalue weighted by molar-refractivity contribution is 5.63. The quantitative estimate of drug-likeness (QED) is 0.618. The van der Waals surface area contributed by atoms with Crippen LogP contribution in [0.3, 0.4) is 0 Å². The van der Waals surface area contributed by atoms with E-state index in [-0.39, 0.29) is 11.6 Å². The van der Waals surface area contributed by atoms with Gasteiger partial charge in [0.1, 0.15) is 0 Å². The van der Waals surface area contributed by atoms with Gasteiger partial charge in [0.2, 0.25) is 0 Å². The van der Waals surface area contributed by atoms with Crippen molar-refractivity contribution < 1.29 is 4.92 Å². The SMILES string of the molecule is CC1=CC(c2cccc([N+](=O)[O-])c2)C(C#N)=C(C)N1c1cccnc1. The fraction of sp³-hybridized carbons (Fsp3) is 0.158. The minimum atomic E-state index is -0.423. The maximum atomic E-state index is 11.1. The second-order valence-electron chi connectivity index (χ2n) is 5.80. The second kappa shape index (κ2) is 6.57. The van der Waals surface area contributed by atoms with Gasteiger partial charge in [0.05, 0.1) is 28.4 Å². The summed E-state index contributed by atoms with van der Waals surface area (Å²) in [5.41, 5.74) is 3.94. The van der Waals surface area contributed by atoms with Gasteiger partial charge in [-0.3, -0.25) is 15.1 Å². The van der Waals surface area contributed by atoms with Gasteiger partial charge in [-0.25, -0.2) is 0 Å². The fourth-order valence-electron chi connectivity index (χ4n) is 3.14. The first-order chi connectivity index (χ1) is 12.0. The molecule has 2 aromatic rings. The predicted molar refractivity (Wildman–Crippen MR) is 94.6 cm³/mol. The van der Waals surface area contributed by atoms with E-state index in [1.54, 1.807) is 18.5 Å². The summed E-state index contributed by atoms with van der Waals surface area (Å²) in [6.45, 7) is 3.83. The zero-order valence-electron chi connectivity index (χ0n) is 13.9. The van der Waals surface area contributed by atoms with Crippen LogP contribution in [-0.4, -0.2) is 9.91 Å². The maximum absolute atomic E-state index is 11.1. The minimum Gasteiger partial charge on any atom is -0.316 e. The number of nitrogens with zero attached hydrogens (tertiary/aromatic N) is 4. The lowest BCUT2D eigenvalue weighted by atomic mass is 9.86. The number of non-ortho nitro benzene ring substituents is 1. The summed E-state index contributed by atoms with van der Waals surface area (Å²) < 4.78 is 0. The molecule has 3 rings (SSSR count). The van der Waals surface area contributed by atoms with E-state index in [2.05, 4.69) is 11.1 Å². The third-order valence-electron chi connectivity index (χ3n) is 4.26. The molecule has 0 radical (unpaired) electrons. The standard InChI is InChI=1S/C19H16N4O2/c1-13-9-18(15-5-3-6-16(10-15)23(24)25)19(11-20)14(2)22(13)17-7-4-8-21-12-17/h3-10,12,18H,1-2H3. The van der Waals surface area contributed by atoms with Gasteiger partial charge in [0, 0.05) is 35.6 Å². The molecule has 6 nitrogen and oxygen atoms in total. The van der Waals surface area contributed by atoms with Crippen LogP contribution in [-0.2, 0) is 0 Å². The van der Waals surface area contributed by atoms with Crippen molar-refractivity contribution in [2.45, 2.75) is 19.8 Å². The Labute approximate surface area is 145 Å². The zero-order chi connectivity index (χ0) is 18.0. The fourth-order valence-corrected chi connectivity index (χ4v) is 3.14. The van der Waals surface area contributed by atoms with E-state index >= 15 is 0 Å². The van der Waals surface area contributed by atoms with Crippen molar-refractivity contribution in [2.75, 3.05) is 4.90 Å². The van der Waals surface area contributed by atoms with Crippen LogP contribution in [0.15, 0.2) is 71.8 Å². The summed E-state index contributed by atoms with van der Waals surface area (Å²) in [5, 5.41) is 20.8. The molecule has 1 aromatic carbocycles. The van der Waals surface area contributed by atoms with Gasteiger partial charge in [-0.15, -0.1) is 0 Å². The Bertz CT molecular complexity index is 926. The van der Waals surface area contributed by atoms with Crippen LogP contribution >= 0.6 is 0 Å². The van der Waals surface area contributed by atoms with Crippen LogP contribution in [0.25, 0.3) is 0 Å². The number of pyridine rings is 1. The van der Waals surface area contributed by atoms with E-state index in [0.717, 1.165) is 22.6 Å². The highest BCUT2D eigenvalue weighted by atomic mass is 16.6. The molecule has 1 aliphatic heterocycles. The summed E-state index contributed by atoms with van der Waals surface area (Å²) in [5.74, 6) is -0.308. The molecule has 0 saturated carbocycles. The van der Waals surface area contributed by atoms with Gasteiger partial charge < -0.3 is 4.90 Å². The molecule has 1 atom stereocenters. The third-order valence-corrected chi connectivity index (χ3v) is 4.26. The average Bonchev–Trinajstić information content (AvgIpc) is 2.62. The van der Waals surface area contributed by atoms with E-state index in [1.165, 1.54) is 12.1 Å². The number of aromatic nitrogens is 1. The lowest BCUT2D eigenvalue weighted by Crippen LogP contribution is -2.26. The lowest BCUT2D eigenvalue weighted by molar-refractivity contribution is -0.384. The van der Waals surface area contributed by atoms with Gasteiger partial charge in [-0.1, -0.05) is 18.2 Å². The van der Waals surface area contributed by atoms with Crippen molar-refractivity contribution in [1.29, 1.82) is 5.26 Å². The molecule has 1 unspecified atom stereocenters. The largest absolute Gasteiger partial charge is 0.316 e. The van der Waals surface area contributed by atoms with Gasteiger partial charge >= 0.3 is 0 Å². The van der Waals surface area contributed by atoms with E-state index in [4.69, 9.17) is 0 Å². The third kappa shape index (κ3) is 3.00. The topological polar surface area (TPSA) is 83.1 Å². The molecule has 0 saturated heterocycles. The molecule has 1 aromatic heterocycles. The van der Waals surface area contributed by atoms with Crippen molar-refractivity contribution in [3.63, 3.8) is 0 Å². The highest BCUT2D eigenvalue weighted by Gasteiger charge is 2.27. The zero-order valence-corrected chi connectivity index (χ0v) is 13.9. The van der Waals surface area contributed by atoms with E-state index in [0.29, 0.717) is 5.57 Å². The number of hydrogen-bond acceptors (Lipinski definition) is 5. The van der Waals surface area contributed by atoms with Crippen molar-refractivity contribution in [3.05, 3.63) is 87.5 Å². The number of nitriles is 1. The molecule has 2 heterocycles. The number of hydrogen-bond donors (Lipinski definition) is 0. The number of nitro benzene ring substituents is 1. The molecule has 6 heteroatoms. The number of benzene rings is 1. The summed E-state index contributed by atoms with van der Waals surface area (Å²) in [6, 6.07) is 12.5. The minimum absolute atomic E-state index is 0.0215. The summed E-state index contributed by atoms with van der Waals surface area (Å²) in [7, 11) is 0. The van der Waals surface area contributed by atoms with Crippen LogP contribution in [0, 0.1) is 21.4 Å². The Kier molecular flexibility index (Phi) is 4.31. The monoisotopic (exact) mass is 332 g/mol. The maximum Gasteiger partial charge on any atom is 0.269 e. The highest BCUT2D eigenvalue weighted by Crippen LogP contribution is 2.38. The van der Waals surface area contributed by atoms with E-state index < -0.39 is 4.92 Å². The Balaban J connectivity index is 2.09. The molecule has 0 bridgehead atoms. The molecule has 0 fully saturated rings. The first-order valence-electron chi connectivity index (χ1n) is 7.76. The molecular formula is C19H16N4O2. The van der Waals surface area contributed by atoms with Gasteiger partial charge in [0.15, 0.2) is 0 Å². The molecule has 0 amide bonds. The summed E-state index contributed by atoms with van der Waals surface area (Å²) >= 11 is 0. The lowest BCUT2D eigenvalue weighted by Gasteiger charge is -2.33. The van der Waals surface area contributed by atoms with Crippen molar-refractivity contribution in [2.24, 2.45) is 0 Å². The molecule has 0 N–H and O–H groups in total. The van der Waals surface area contributed by atoms with E-state index in [9.17, 15) is 15.4 Å². The first kappa shape index (κ1) is 16.4. The Morgan fingerprint density at radius 1 is 1.28 bits per heavy atom. The summed E-state index contributed by atoms with van der Waals surface area (Å²) in [6.07, 6.45) is 5.39. The van der Waals surface area contributed by atoms with Gasteiger partial charge in [-0.05, 0) is 31.5 Å². The first-order valence-corrected chi connectivity index (χ1v) is 7.76. The van der Waals surface area contributed by atoms with Crippen molar-refractivity contribution >= 4 is 11.4 Å².